The number of nitrogens with one attached hydrogen (secondary N) is 1. The van der Waals surface area contributed by atoms with E-state index in [1.165, 1.54) is 44.9 Å². The van der Waals surface area contributed by atoms with Crippen LogP contribution in [0.4, 0.5) is 0 Å². The van der Waals surface area contributed by atoms with E-state index in [0.717, 1.165) is 48.0 Å². The first-order valence-corrected chi connectivity index (χ1v) is 12.9. The van der Waals surface area contributed by atoms with Gasteiger partial charge in [-0.05, 0) is 125 Å². The molecule has 31 heavy (non-hydrogen) atoms. The topological polar surface area (TPSA) is 49.3 Å². The van der Waals surface area contributed by atoms with Gasteiger partial charge in [0.15, 0.2) is 0 Å². The first-order chi connectivity index (χ1) is 14.8. The zero-order valence-corrected chi connectivity index (χ0v) is 19.6. The van der Waals surface area contributed by atoms with E-state index in [1.54, 1.807) is 0 Å². The molecule has 4 aliphatic rings. The molecule has 2 N–H and O–H groups in total. The van der Waals surface area contributed by atoms with E-state index < -0.39 is 5.60 Å². The Labute approximate surface area is 188 Å². The summed E-state index contributed by atoms with van der Waals surface area (Å²) in [5.41, 5.74) is 0.698. The molecule has 0 aliphatic heterocycles. The van der Waals surface area contributed by atoms with Crippen LogP contribution in [-0.2, 0) is 0 Å². The van der Waals surface area contributed by atoms with E-state index >= 15 is 0 Å². The fourth-order valence-corrected chi connectivity index (χ4v) is 8.92. The molecule has 1 aromatic carbocycles. The van der Waals surface area contributed by atoms with Crippen molar-refractivity contribution in [3.8, 4) is 0 Å². The smallest absolute Gasteiger partial charge is 0.251 e. The summed E-state index contributed by atoms with van der Waals surface area (Å²) in [6.07, 6.45) is 11.2. The maximum absolute atomic E-state index is 12.8. The lowest BCUT2D eigenvalue weighted by Crippen LogP contribution is -2.52. The minimum absolute atomic E-state index is 0.0728. The summed E-state index contributed by atoms with van der Waals surface area (Å²) in [5.74, 6) is 4.80. The highest BCUT2D eigenvalue weighted by molar-refractivity contribution is 5.94. The minimum Gasteiger partial charge on any atom is -0.390 e. The summed E-state index contributed by atoms with van der Waals surface area (Å²) in [7, 11) is 0. The van der Waals surface area contributed by atoms with E-state index in [-0.39, 0.29) is 11.9 Å². The van der Waals surface area contributed by atoms with Crippen LogP contribution in [0.2, 0.25) is 0 Å². The number of rotatable bonds is 3. The summed E-state index contributed by atoms with van der Waals surface area (Å²) in [4.78, 5) is 12.8. The Bertz CT molecular complexity index is 804. The quantitative estimate of drug-likeness (QED) is 0.643. The van der Waals surface area contributed by atoms with Gasteiger partial charge in [-0.1, -0.05) is 25.1 Å². The van der Waals surface area contributed by atoms with Gasteiger partial charge in [-0.15, -0.1) is 0 Å². The zero-order valence-electron chi connectivity index (χ0n) is 19.6. The lowest BCUT2D eigenvalue weighted by molar-refractivity contribution is -0.101. The van der Waals surface area contributed by atoms with Crippen molar-refractivity contribution in [2.75, 3.05) is 0 Å². The van der Waals surface area contributed by atoms with Gasteiger partial charge in [-0.3, -0.25) is 4.79 Å². The highest BCUT2D eigenvalue weighted by atomic mass is 16.3. The van der Waals surface area contributed by atoms with Crippen LogP contribution in [0.3, 0.4) is 0 Å². The third kappa shape index (κ3) is 3.75. The molecule has 1 aromatic rings. The van der Waals surface area contributed by atoms with Crippen LogP contribution in [0, 0.1) is 40.9 Å². The third-order valence-corrected chi connectivity index (χ3v) is 10.3. The van der Waals surface area contributed by atoms with Gasteiger partial charge in [-0.2, -0.15) is 0 Å². The van der Waals surface area contributed by atoms with Crippen LogP contribution in [0.15, 0.2) is 30.3 Å². The molecule has 0 saturated heterocycles. The second-order valence-corrected chi connectivity index (χ2v) is 12.0. The molecule has 0 radical (unpaired) electrons. The molecule has 0 aromatic heterocycles. The molecule has 1 unspecified atom stereocenters. The summed E-state index contributed by atoms with van der Waals surface area (Å²) < 4.78 is 0. The van der Waals surface area contributed by atoms with Gasteiger partial charge in [0.2, 0.25) is 0 Å². The summed E-state index contributed by atoms with van der Waals surface area (Å²) >= 11 is 0. The number of benzene rings is 1. The molecule has 170 valence electrons. The van der Waals surface area contributed by atoms with Crippen molar-refractivity contribution >= 4 is 5.91 Å². The van der Waals surface area contributed by atoms with Crippen molar-refractivity contribution in [2.24, 2.45) is 40.9 Å². The molecule has 9 atom stereocenters. The summed E-state index contributed by atoms with van der Waals surface area (Å²) in [5, 5.41) is 14.0. The van der Waals surface area contributed by atoms with Gasteiger partial charge in [0.25, 0.3) is 5.91 Å². The van der Waals surface area contributed by atoms with Crippen molar-refractivity contribution in [1.82, 2.24) is 5.32 Å². The van der Waals surface area contributed by atoms with Crippen LogP contribution in [0.25, 0.3) is 0 Å². The number of hydrogen-bond donors (Lipinski definition) is 2. The van der Waals surface area contributed by atoms with Crippen LogP contribution in [-0.4, -0.2) is 22.7 Å². The molecule has 4 fully saturated rings. The molecule has 3 heteroatoms. The van der Waals surface area contributed by atoms with Crippen molar-refractivity contribution in [3.63, 3.8) is 0 Å². The van der Waals surface area contributed by atoms with Crippen LogP contribution in [0.5, 0.6) is 0 Å². The largest absolute Gasteiger partial charge is 0.390 e. The van der Waals surface area contributed by atoms with E-state index in [2.05, 4.69) is 26.1 Å². The lowest BCUT2D eigenvalue weighted by Gasteiger charge is -2.57. The second kappa shape index (κ2) is 7.90. The lowest BCUT2D eigenvalue weighted by atomic mass is 9.49. The Balaban J connectivity index is 1.28. The molecule has 0 spiro atoms. The van der Waals surface area contributed by atoms with E-state index in [1.807, 2.05) is 30.3 Å². The Morgan fingerprint density at radius 1 is 0.968 bits per heavy atom. The van der Waals surface area contributed by atoms with Gasteiger partial charge < -0.3 is 10.4 Å². The molecule has 1 amide bonds. The maximum atomic E-state index is 12.8. The Morgan fingerprint density at radius 3 is 2.48 bits per heavy atom. The third-order valence-electron chi connectivity index (χ3n) is 10.3. The number of carbonyl (C=O) groups excluding carboxylic acids is 1. The van der Waals surface area contributed by atoms with E-state index in [9.17, 15) is 9.90 Å². The Morgan fingerprint density at radius 2 is 1.71 bits per heavy atom. The van der Waals surface area contributed by atoms with Crippen molar-refractivity contribution in [2.45, 2.75) is 90.2 Å². The highest BCUT2D eigenvalue weighted by Crippen LogP contribution is 2.65. The molecular weight excluding hydrogens is 382 g/mol. The second-order valence-electron chi connectivity index (χ2n) is 12.0. The summed E-state index contributed by atoms with van der Waals surface area (Å²) in [6, 6.07) is 9.88. The molecule has 4 saturated carbocycles. The predicted molar refractivity (Wildman–Crippen MR) is 125 cm³/mol. The Hall–Kier alpha value is -1.35. The number of carbonyl (C=O) groups is 1. The van der Waals surface area contributed by atoms with Crippen molar-refractivity contribution < 1.29 is 9.90 Å². The molecule has 3 nitrogen and oxygen atoms in total. The minimum atomic E-state index is -0.429. The number of hydrogen-bond acceptors (Lipinski definition) is 2. The SMILES string of the molecule is C[C@H](NC(=O)c1ccccc1)C1CC[C@H]2[C@@H]3CC[C@@H]4C[C@](C)(O)CC[C@@H]4[C@H]3CC[C@]12C. The van der Waals surface area contributed by atoms with Crippen LogP contribution < -0.4 is 5.32 Å². The first-order valence-electron chi connectivity index (χ1n) is 12.9. The maximum Gasteiger partial charge on any atom is 0.251 e. The molecule has 4 aliphatic carbocycles. The predicted octanol–water partition coefficient (Wildman–Crippen LogP) is 5.82. The number of aliphatic hydroxyl groups is 1. The molecular formula is C28H41NO2. The fourth-order valence-electron chi connectivity index (χ4n) is 8.92. The van der Waals surface area contributed by atoms with E-state index in [4.69, 9.17) is 0 Å². The van der Waals surface area contributed by atoms with Crippen molar-refractivity contribution in [1.29, 1.82) is 0 Å². The zero-order chi connectivity index (χ0) is 21.8. The monoisotopic (exact) mass is 423 g/mol. The van der Waals surface area contributed by atoms with Gasteiger partial charge in [0.05, 0.1) is 5.60 Å². The van der Waals surface area contributed by atoms with Gasteiger partial charge in [0, 0.05) is 11.6 Å². The number of amides is 1. The Kier molecular flexibility index (Phi) is 5.48. The standard InChI is InChI=1S/C28H41NO2/c1-18(29-26(30)19-7-5-4-6-8-19)24-11-12-25-23-10-9-20-17-27(2,31)15-13-21(20)22(23)14-16-28(24,25)3/h4-8,18,20-25,31H,9-17H2,1-3H3,(H,29,30)/t18-,20+,21-,22+,23+,24?,25-,27+,28+/m0/s1. The normalized spacial score (nSPS) is 45.2. The first kappa shape index (κ1) is 21.5. The van der Waals surface area contributed by atoms with Crippen molar-refractivity contribution in [3.05, 3.63) is 35.9 Å². The fraction of sp³-hybridized carbons (Fsp3) is 0.750. The van der Waals surface area contributed by atoms with Crippen LogP contribution >= 0.6 is 0 Å². The highest BCUT2D eigenvalue weighted by Gasteiger charge is 2.58. The number of fused-ring (bicyclic) bond motifs is 5. The average Bonchev–Trinajstić information content (AvgIpc) is 3.10. The summed E-state index contributed by atoms with van der Waals surface area (Å²) in [6.45, 7) is 6.85. The van der Waals surface area contributed by atoms with Crippen LogP contribution in [0.1, 0.15) is 88.9 Å². The van der Waals surface area contributed by atoms with Gasteiger partial charge in [-0.25, -0.2) is 0 Å². The molecule has 5 rings (SSSR count). The average molecular weight is 424 g/mol. The van der Waals surface area contributed by atoms with E-state index in [0.29, 0.717) is 11.3 Å². The van der Waals surface area contributed by atoms with Gasteiger partial charge >= 0.3 is 0 Å². The molecule has 0 heterocycles. The molecule has 0 bridgehead atoms. The van der Waals surface area contributed by atoms with Gasteiger partial charge in [0.1, 0.15) is 0 Å².